The van der Waals surface area contributed by atoms with Crippen LogP contribution >= 0.6 is 0 Å². The second kappa shape index (κ2) is 6.42. The van der Waals surface area contributed by atoms with Gasteiger partial charge in [-0.1, -0.05) is 13.3 Å². The molecular weight excluding hydrogens is 302 g/mol. The quantitative estimate of drug-likeness (QED) is 0.916. The van der Waals surface area contributed by atoms with Crippen molar-refractivity contribution in [3.8, 4) is 0 Å². The number of amides is 1. The van der Waals surface area contributed by atoms with Crippen molar-refractivity contribution >= 4 is 15.9 Å². The van der Waals surface area contributed by atoms with Crippen LogP contribution in [0.3, 0.4) is 0 Å². The van der Waals surface area contributed by atoms with E-state index in [4.69, 9.17) is 0 Å². The number of aryl methyl sites for hydroxylation is 1. The minimum absolute atomic E-state index is 0.0960. The molecule has 0 radical (unpaired) electrons. The minimum Gasteiger partial charge on any atom is -0.345 e. The Morgan fingerprint density at radius 3 is 2.64 bits per heavy atom. The second-order valence-electron chi connectivity index (χ2n) is 6.22. The summed E-state index contributed by atoms with van der Waals surface area (Å²) in [4.78, 5) is 14.8. The molecule has 2 heterocycles. The van der Waals surface area contributed by atoms with Gasteiger partial charge in [0.2, 0.25) is 10.0 Å². The standard InChI is InChI=1S/C15H25N3O3S/c1-11-6-5-7-12(2)18(9-11)15(19)14-8-13(10-17(14)4)22(20,21)16-3/h8,10-12,16H,5-7,9H2,1-4H3. The van der Waals surface area contributed by atoms with Crippen molar-refractivity contribution in [1.82, 2.24) is 14.2 Å². The van der Waals surface area contributed by atoms with Gasteiger partial charge in [-0.15, -0.1) is 0 Å². The van der Waals surface area contributed by atoms with Gasteiger partial charge in [0, 0.05) is 25.8 Å². The highest BCUT2D eigenvalue weighted by molar-refractivity contribution is 7.89. The summed E-state index contributed by atoms with van der Waals surface area (Å²) in [6, 6.07) is 1.63. The van der Waals surface area contributed by atoms with Crippen LogP contribution in [0.25, 0.3) is 0 Å². The van der Waals surface area contributed by atoms with Crippen molar-refractivity contribution < 1.29 is 13.2 Å². The topological polar surface area (TPSA) is 71.4 Å². The molecule has 0 aromatic carbocycles. The molecule has 1 amide bonds. The van der Waals surface area contributed by atoms with Crippen molar-refractivity contribution in [1.29, 1.82) is 0 Å². The van der Waals surface area contributed by atoms with Gasteiger partial charge in [-0.25, -0.2) is 13.1 Å². The number of likely N-dealkylation sites (tertiary alicyclic amines) is 1. The van der Waals surface area contributed by atoms with E-state index >= 15 is 0 Å². The van der Waals surface area contributed by atoms with Crippen molar-refractivity contribution in [2.24, 2.45) is 13.0 Å². The number of nitrogens with zero attached hydrogens (tertiary/aromatic N) is 2. The summed E-state index contributed by atoms with van der Waals surface area (Å²) >= 11 is 0. The number of sulfonamides is 1. The van der Waals surface area contributed by atoms with E-state index in [1.165, 1.54) is 19.3 Å². The molecule has 1 aliphatic heterocycles. The van der Waals surface area contributed by atoms with Gasteiger partial charge >= 0.3 is 0 Å². The Morgan fingerprint density at radius 1 is 1.32 bits per heavy atom. The lowest BCUT2D eigenvalue weighted by Gasteiger charge is -2.28. The van der Waals surface area contributed by atoms with E-state index in [0.717, 1.165) is 25.8 Å². The first-order valence-corrected chi connectivity index (χ1v) is 9.15. The Hall–Kier alpha value is -1.34. The molecule has 2 unspecified atom stereocenters. The maximum Gasteiger partial charge on any atom is 0.270 e. The predicted octanol–water partition coefficient (Wildman–Crippen LogP) is 1.58. The molecule has 7 heteroatoms. The van der Waals surface area contributed by atoms with Crippen molar-refractivity contribution in [2.45, 2.75) is 44.0 Å². The Bertz CT molecular complexity index is 651. The molecule has 1 aromatic rings. The highest BCUT2D eigenvalue weighted by Gasteiger charge is 2.28. The number of carbonyl (C=O) groups excluding carboxylic acids is 1. The van der Waals surface area contributed by atoms with Crippen LogP contribution < -0.4 is 4.72 Å². The summed E-state index contributed by atoms with van der Waals surface area (Å²) in [7, 11) is -0.471. The predicted molar refractivity (Wildman–Crippen MR) is 85.2 cm³/mol. The highest BCUT2D eigenvalue weighted by Crippen LogP contribution is 2.23. The third-order valence-corrected chi connectivity index (χ3v) is 5.78. The molecule has 1 N–H and O–H groups in total. The molecule has 2 atom stereocenters. The lowest BCUT2D eigenvalue weighted by Crippen LogP contribution is -2.40. The van der Waals surface area contributed by atoms with Crippen LogP contribution in [0.1, 0.15) is 43.6 Å². The molecule has 1 fully saturated rings. The maximum atomic E-state index is 12.8. The van der Waals surface area contributed by atoms with Crippen LogP contribution in [0.15, 0.2) is 17.2 Å². The van der Waals surface area contributed by atoms with Crippen LogP contribution in [0.4, 0.5) is 0 Å². The zero-order valence-electron chi connectivity index (χ0n) is 13.7. The molecule has 0 aliphatic carbocycles. The van der Waals surface area contributed by atoms with E-state index in [1.807, 2.05) is 4.90 Å². The molecule has 1 aromatic heterocycles. The number of hydrogen-bond acceptors (Lipinski definition) is 3. The molecular formula is C15H25N3O3S. The summed E-state index contributed by atoms with van der Waals surface area (Å²) in [6.07, 6.45) is 4.71. The van der Waals surface area contributed by atoms with Gasteiger partial charge in [-0.3, -0.25) is 4.79 Å². The molecule has 1 aliphatic rings. The Labute approximate surface area is 132 Å². The first kappa shape index (κ1) is 17.0. The van der Waals surface area contributed by atoms with Crippen molar-refractivity contribution in [2.75, 3.05) is 13.6 Å². The number of nitrogens with one attached hydrogen (secondary N) is 1. The number of aromatic nitrogens is 1. The van der Waals surface area contributed by atoms with Crippen LogP contribution in [0.5, 0.6) is 0 Å². The van der Waals surface area contributed by atoms with Crippen molar-refractivity contribution in [3.05, 3.63) is 18.0 Å². The molecule has 0 saturated carbocycles. The maximum absolute atomic E-state index is 12.8. The molecule has 0 spiro atoms. The average Bonchev–Trinajstić information content (AvgIpc) is 2.78. The summed E-state index contributed by atoms with van der Waals surface area (Å²) in [6.45, 7) is 4.93. The van der Waals surface area contributed by atoms with E-state index < -0.39 is 10.0 Å². The lowest BCUT2D eigenvalue weighted by molar-refractivity contribution is 0.0667. The van der Waals surface area contributed by atoms with Gasteiger partial charge in [0.1, 0.15) is 10.6 Å². The van der Waals surface area contributed by atoms with Gasteiger partial charge in [-0.2, -0.15) is 0 Å². The van der Waals surface area contributed by atoms with E-state index in [2.05, 4.69) is 18.6 Å². The zero-order chi connectivity index (χ0) is 16.5. The van der Waals surface area contributed by atoms with E-state index in [-0.39, 0.29) is 16.8 Å². The Balaban J connectivity index is 2.33. The first-order chi connectivity index (χ1) is 10.3. The molecule has 1 saturated heterocycles. The molecule has 6 nitrogen and oxygen atoms in total. The normalized spacial score (nSPS) is 23.4. The summed E-state index contributed by atoms with van der Waals surface area (Å²) in [5, 5.41) is 0. The molecule has 22 heavy (non-hydrogen) atoms. The molecule has 2 rings (SSSR count). The fourth-order valence-electron chi connectivity index (χ4n) is 2.97. The van der Waals surface area contributed by atoms with Gasteiger partial charge in [0.05, 0.1) is 0 Å². The minimum atomic E-state index is -3.54. The van der Waals surface area contributed by atoms with Gasteiger partial charge in [0.25, 0.3) is 5.91 Å². The van der Waals surface area contributed by atoms with Crippen LogP contribution in [0.2, 0.25) is 0 Å². The van der Waals surface area contributed by atoms with Gasteiger partial charge in [0.15, 0.2) is 0 Å². The average molecular weight is 327 g/mol. The zero-order valence-corrected chi connectivity index (χ0v) is 14.5. The number of carbonyl (C=O) groups is 1. The van der Waals surface area contributed by atoms with E-state index in [0.29, 0.717) is 11.6 Å². The van der Waals surface area contributed by atoms with E-state index in [9.17, 15) is 13.2 Å². The fraction of sp³-hybridized carbons (Fsp3) is 0.667. The smallest absolute Gasteiger partial charge is 0.270 e. The second-order valence-corrected chi connectivity index (χ2v) is 8.11. The van der Waals surface area contributed by atoms with Gasteiger partial charge < -0.3 is 9.47 Å². The molecule has 124 valence electrons. The lowest BCUT2D eigenvalue weighted by atomic mass is 10.1. The monoisotopic (exact) mass is 327 g/mol. The van der Waals surface area contributed by atoms with Crippen molar-refractivity contribution in [3.63, 3.8) is 0 Å². The summed E-state index contributed by atoms with van der Waals surface area (Å²) < 4.78 is 27.6. The summed E-state index contributed by atoms with van der Waals surface area (Å²) in [5.41, 5.74) is 0.412. The first-order valence-electron chi connectivity index (χ1n) is 7.67. The van der Waals surface area contributed by atoms with Crippen LogP contribution in [0, 0.1) is 5.92 Å². The van der Waals surface area contributed by atoms with Crippen LogP contribution in [-0.4, -0.2) is 43.4 Å². The largest absolute Gasteiger partial charge is 0.345 e. The highest BCUT2D eigenvalue weighted by atomic mass is 32.2. The van der Waals surface area contributed by atoms with E-state index in [1.54, 1.807) is 11.6 Å². The Morgan fingerprint density at radius 2 is 2.00 bits per heavy atom. The number of rotatable bonds is 3. The van der Waals surface area contributed by atoms with Crippen LogP contribution in [-0.2, 0) is 17.1 Å². The third-order valence-electron chi connectivity index (χ3n) is 4.40. The number of hydrogen-bond donors (Lipinski definition) is 1. The SMILES string of the molecule is CNS(=O)(=O)c1cc(C(=O)N2CC(C)CCCC2C)n(C)c1. The summed E-state index contributed by atoms with van der Waals surface area (Å²) in [5.74, 6) is 0.371. The Kier molecular flexibility index (Phi) is 4.97. The molecule has 0 bridgehead atoms. The fourth-order valence-corrected chi connectivity index (χ4v) is 3.77. The third kappa shape index (κ3) is 3.35. The van der Waals surface area contributed by atoms with Gasteiger partial charge in [-0.05, 0) is 38.8 Å².